The van der Waals surface area contributed by atoms with Crippen LogP contribution in [-0.4, -0.2) is 35.7 Å². The Morgan fingerprint density at radius 1 is 1.32 bits per heavy atom. The van der Waals surface area contributed by atoms with E-state index in [0.29, 0.717) is 12.6 Å². The van der Waals surface area contributed by atoms with Gasteiger partial charge in [-0.15, -0.1) is 0 Å². The second kappa shape index (κ2) is 6.04. The summed E-state index contributed by atoms with van der Waals surface area (Å²) in [6, 6.07) is 10.2. The standard InChI is InChI=1S/C16H26N2O/c1-13(2)18(10-14-8-9-14)12-16(19,11-17)15-6-4-3-5-7-15/h3-7,13-14,19H,8-12,17H2,1-2H3. The minimum Gasteiger partial charge on any atom is -0.382 e. The summed E-state index contributed by atoms with van der Waals surface area (Å²) in [5.74, 6) is 0.820. The summed E-state index contributed by atoms with van der Waals surface area (Å²) in [4.78, 5) is 2.36. The Bertz CT molecular complexity index is 389. The van der Waals surface area contributed by atoms with Gasteiger partial charge in [0.25, 0.3) is 0 Å². The van der Waals surface area contributed by atoms with Crippen molar-refractivity contribution in [2.75, 3.05) is 19.6 Å². The molecular formula is C16H26N2O. The largest absolute Gasteiger partial charge is 0.382 e. The molecule has 0 radical (unpaired) electrons. The summed E-state index contributed by atoms with van der Waals surface area (Å²) in [5.41, 5.74) is 5.83. The van der Waals surface area contributed by atoms with E-state index >= 15 is 0 Å². The van der Waals surface area contributed by atoms with Crippen LogP contribution in [0.3, 0.4) is 0 Å². The normalized spacial score (nSPS) is 18.8. The Labute approximate surface area is 116 Å². The van der Waals surface area contributed by atoms with Crippen molar-refractivity contribution in [1.82, 2.24) is 4.90 Å². The molecule has 1 aromatic rings. The molecule has 0 bridgehead atoms. The Balaban J connectivity index is 2.11. The second-order valence-electron chi connectivity index (χ2n) is 6.07. The van der Waals surface area contributed by atoms with Crippen LogP contribution in [0.15, 0.2) is 30.3 Å². The third-order valence-corrected chi connectivity index (χ3v) is 4.03. The highest BCUT2D eigenvalue weighted by Crippen LogP contribution is 2.31. The number of nitrogens with two attached hydrogens (primary N) is 1. The average molecular weight is 262 g/mol. The quantitative estimate of drug-likeness (QED) is 0.789. The van der Waals surface area contributed by atoms with Gasteiger partial charge in [-0.05, 0) is 38.2 Å². The molecule has 3 heteroatoms. The Hall–Kier alpha value is -0.900. The lowest BCUT2D eigenvalue weighted by Crippen LogP contribution is -2.48. The van der Waals surface area contributed by atoms with Crippen molar-refractivity contribution < 1.29 is 5.11 Å². The number of hydrogen-bond acceptors (Lipinski definition) is 3. The van der Waals surface area contributed by atoms with Gasteiger partial charge in [0.2, 0.25) is 0 Å². The van der Waals surface area contributed by atoms with Crippen LogP contribution in [0.5, 0.6) is 0 Å². The zero-order valence-electron chi connectivity index (χ0n) is 12.0. The maximum Gasteiger partial charge on any atom is 0.114 e. The minimum atomic E-state index is -0.944. The maximum absolute atomic E-state index is 10.9. The van der Waals surface area contributed by atoms with Gasteiger partial charge in [-0.25, -0.2) is 0 Å². The first-order chi connectivity index (χ1) is 9.05. The van der Waals surface area contributed by atoms with Crippen LogP contribution < -0.4 is 5.73 Å². The number of benzene rings is 1. The molecule has 0 aliphatic heterocycles. The molecule has 3 nitrogen and oxygen atoms in total. The van der Waals surface area contributed by atoms with Gasteiger partial charge in [0, 0.05) is 25.7 Å². The van der Waals surface area contributed by atoms with Crippen LogP contribution in [0.4, 0.5) is 0 Å². The van der Waals surface area contributed by atoms with Crippen molar-refractivity contribution in [3.8, 4) is 0 Å². The number of nitrogens with zero attached hydrogens (tertiary/aromatic N) is 1. The molecule has 0 saturated heterocycles. The van der Waals surface area contributed by atoms with Crippen molar-refractivity contribution in [2.45, 2.75) is 38.3 Å². The number of hydrogen-bond donors (Lipinski definition) is 2. The van der Waals surface area contributed by atoms with Gasteiger partial charge in [0.05, 0.1) is 0 Å². The van der Waals surface area contributed by atoms with E-state index in [9.17, 15) is 5.11 Å². The van der Waals surface area contributed by atoms with Crippen LogP contribution in [0.1, 0.15) is 32.3 Å². The van der Waals surface area contributed by atoms with Gasteiger partial charge in [-0.1, -0.05) is 30.3 Å². The first kappa shape index (κ1) is 14.5. The Morgan fingerprint density at radius 2 is 1.95 bits per heavy atom. The van der Waals surface area contributed by atoms with E-state index in [-0.39, 0.29) is 6.54 Å². The van der Waals surface area contributed by atoms with Crippen LogP contribution >= 0.6 is 0 Å². The van der Waals surface area contributed by atoms with E-state index in [2.05, 4.69) is 18.7 Å². The van der Waals surface area contributed by atoms with E-state index in [1.165, 1.54) is 12.8 Å². The molecule has 0 amide bonds. The number of aliphatic hydroxyl groups is 1. The van der Waals surface area contributed by atoms with Crippen molar-refractivity contribution >= 4 is 0 Å². The molecule has 1 unspecified atom stereocenters. The summed E-state index contributed by atoms with van der Waals surface area (Å²) in [6.45, 7) is 6.31. The van der Waals surface area contributed by atoms with Crippen molar-refractivity contribution in [3.63, 3.8) is 0 Å². The Morgan fingerprint density at radius 3 is 2.42 bits per heavy atom. The molecule has 1 aromatic carbocycles. The van der Waals surface area contributed by atoms with E-state index in [0.717, 1.165) is 18.0 Å². The fourth-order valence-electron chi connectivity index (χ4n) is 2.45. The molecule has 0 aromatic heterocycles. The summed E-state index contributed by atoms with van der Waals surface area (Å²) in [6.07, 6.45) is 2.66. The second-order valence-corrected chi connectivity index (χ2v) is 6.07. The zero-order chi connectivity index (χ0) is 13.9. The summed E-state index contributed by atoms with van der Waals surface area (Å²) in [7, 11) is 0. The highest BCUT2D eigenvalue weighted by Gasteiger charge is 2.33. The molecule has 1 saturated carbocycles. The third-order valence-electron chi connectivity index (χ3n) is 4.03. The molecule has 106 valence electrons. The fourth-order valence-corrected chi connectivity index (χ4v) is 2.45. The summed E-state index contributed by atoms with van der Waals surface area (Å²) in [5, 5.41) is 10.9. The zero-order valence-corrected chi connectivity index (χ0v) is 12.0. The van der Waals surface area contributed by atoms with Crippen LogP contribution in [0, 0.1) is 5.92 Å². The molecule has 3 N–H and O–H groups in total. The van der Waals surface area contributed by atoms with Gasteiger partial charge >= 0.3 is 0 Å². The molecule has 0 spiro atoms. The van der Waals surface area contributed by atoms with E-state index < -0.39 is 5.60 Å². The van der Waals surface area contributed by atoms with Gasteiger partial charge in [-0.3, -0.25) is 4.90 Å². The topological polar surface area (TPSA) is 49.5 Å². The predicted octanol–water partition coefficient (Wildman–Crippen LogP) is 1.95. The molecule has 0 heterocycles. The average Bonchev–Trinajstić information content (AvgIpc) is 3.22. The highest BCUT2D eigenvalue weighted by atomic mass is 16.3. The smallest absolute Gasteiger partial charge is 0.114 e. The number of rotatable bonds is 7. The summed E-state index contributed by atoms with van der Waals surface area (Å²) >= 11 is 0. The first-order valence-electron chi connectivity index (χ1n) is 7.27. The van der Waals surface area contributed by atoms with Crippen LogP contribution in [0.2, 0.25) is 0 Å². The predicted molar refractivity (Wildman–Crippen MR) is 78.8 cm³/mol. The lowest BCUT2D eigenvalue weighted by Gasteiger charge is -2.36. The fraction of sp³-hybridized carbons (Fsp3) is 0.625. The molecule has 1 atom stereocenters. The third kappa shape index (κ3) is 3.78. The lowest BCUT2D eigenvalue weighted by molar-refractivity contribution is -0.00353. The molecule has 2 rings (SSSR count). The summed E-state index contributed by atoms with van der Waals surface area (Å²) < 4.78 is 0. The molecule has 19 heavy (non-hydrogen) atoms. The maximum atomic E-state index is 10.9. The van der Waals surface area contributed by atoms with Gasteiger partial charge < -0.3 is 10.8 Å². The van der Waals surface area contributed by atoms with Crippen molar-refractivity contribution in [3.05, 3.63) is 35.9 Å². The SMILES string of the molecule is CC(C)N(CC1CC1)CC(O)(CN)c1ccccc1. The van der Waals surface area contributed by atoms with Crippen LogP contribution in [-0.2, 0) is 5.60 Å². The highest BCUT2D eigenvalue weighted by molar-refractivity contribution is 5.23. The minimum absolute atomic E-state index is 0.255. The molecule has 1 aliphatic rings. The molecular weight excluding hydrogens is 236 g/mol. The van der Waals surface area contributed by atoms with Crippen molar-refractivity contribution in [1.29, 1.82) is 0 Å². The van der Waals surface area contributed by atoms with E-state index in [1.54, 1.807) is 0 Å². The Kier molecular flexibility index (Phi) is 4.61. The van der Waals surface area contributed by atoms with Gasteiger partial charge in [-0.2, -0.15) is 0 Å². The van der Waals surface area contributed by atoms with Gasteiger partial charge in [0.1, 0.15) is 5.60 Å². The van der Waals surface area contributed by atoms with E-state index in [4.69, 9.17) is 5.73 Å². The van der Waals surface area contributed by atoms with Crippen LogP contribution in [0.25, 0.3) is 0 Å². The lowest BCUT2D eigenvalue weighted by atomic mass is 9.92. The van der Waals surface area contributed by atoms with Gasteiger partial charge in [0.15, 0.2) is 0 Å². The first-order valence-corrected chi connectivity index (χ1v) is 7.27. The molecule has 1 fully saturated rings. The van der Waals surface area contributed by atoms with Crippen molar-refractivity contribution in [2.24, 2.45) is 11.7 Å². The molecule has 1 aliphatic carbocycles. The monoisotopic (exact) mass is 262 g/mol. The van der Waals surface area contributed by atoms with E-state index in [1.807, 2.05) is 30.3 Å².